The van der Waals surface area contributed by atoms with E-state index in [0.29, 0.717) is 13.2 Å². The number of aliphatic hydroxyl groups is 1. The first-order valence-corrected chi connectivity index (χ1v) is 17.0. The average Bonchev–Trinajstić information content (AvgIpc) is 3.55. The molecule has 268 valence electrons. The first-order chi connectivity index (χ1) is 22.9. The summed E-state index contributed by atoms with van der Waals surface area (Å²) in [7, 11) is 3.05. The minimum absolute atomic E-state index is 0.0520. The lowest BCUT2D eigenvalue weighted by molar-refractivity contribution is -0.131. The molecule has 1 heterocycles. The van der Waals surface area contributed by atoms with Crippen LogP contribution < -0.4 is 32.0 Å². The van der Waals surface area contributed by atoms with Crippen molar-refractivity contribution in [3.63, 3.8) is 0 Å². The Morgan fingerprint density at radius 1 is 0.792 bits per heavy atom. The van der Waals surface area contributed by atoms with Crippen molar-refractivity contribution in [3.05, 3.63) is 58.3 Å². The highest BCUT2D eigenvalue weighted by molar-refractivity contribution is 7.09. The molecule has 7 N–H and O–H groups in total. The van der Waals surface area contributed by atoms with Crippen molar-refractivity contribution < 1.29 is 33.8 Å². The summed E-state index contributed by atoms with van der Waals surface area (Å²) in [5.41, 5.74) is 3.77. The van der Waals surface area contributed by atoms with Crippen LogP contribution in [-0.2, 0) is 32.0 Å². The second kappa shape index (κ2) is 22.0. The Morgan fingerprint density at radius 2 is 1.35 bits per heavy atom. The maximum Gasteiger partial charge on any atom is 0.315 e. The van der Waals surface area contributed by atoms with Crippen molar-refractivity contribution in [2.45, 2.75) is 64.9 Å². The van der Waals surface area contributed by atoms with Crippen LogP contribution in [0.5, 0.6) is 0 Å². The average molecular weight is 692 g/mol. The van der Waals surface area contributed by atoms with E-state index in [1.54, 1.807) is 5.01 Å². The molecule has 0 spiro atoms. The first kappa shape index (κ1) is 40.4. The highest BCUT2D eigenvalue weighted by atomic mass is 32.1. The van der Waals surface area contributed by atoms with Crippen LogP contribution in [0.4, 0.5) is 9.59 Å². The maximum atomic E-state index is 13.6. The normalized spacial score (nSPS) is 13.8. The van der Waals surface area contributed by atoms with Crippen LogP contribution in [0.25, 0.3) is 0 Å². The molecule has 0 bridgehead atoms. The van der Waals surface area contributed by atoms with Crippen LogP contribution in [0.15, 0.2) is 47.8 Å². The molecule has 0 saturated heterocycles. The summed E-state index contributed by atoms with van der Waals surface area (Å²) in [6.07, 6.45) is -0.863. The Hall–Kier alpha value is -3.76. The lowest BCUT2D eigenvalue weighted by Crippen LogP contribution is -2.60. The fourth-order valence-electron chi connectivity index (χ4n) is 4.73. The number of ether oxygens (including phenoxy) is 2. The highest BCUT2D eigenvalue weighted by Crippen LogP contribution is 2.14. The van der Waals surface area contributed by atoms with Crippen LogP contribution in [0.1, 0.15) is 38.1 Å². The molecule has 1 aromatic heterocycles. The molecule has 2 rings (SSSR count). The van der Waals surface area contributed by atoms with E-state index in [9.17, 15) is 24.3 Å². The molecule has 0 radical (unpaired) electrons. The number of benzene rings is 1. The molecule has 0 fully saturated rings. The number of rotatable bonds is 21. The van der Waals surface area contributed by atoms with Crippen molar-refractivity contribution in [1.29, 1.82) is 0 Å². The molecule has 15 heteroatoms. The summed E-state index contributed by atoms with van der Waals surface area (Å²) in [4.78, 5) is 53.1. The zero-order valence-electron chi connectivity index (χ0n) is 28.8. The number of hydrogen-bond acceptors (Lipinski definition) is 9. The molecular formula is C33H53N7O7S. The molecule has 0 aliphatic carbocycles. The lowest BCUT2D eigenvalue weighted by atomic mass is 9.98. The number of amides is 6. The summed E-state index contributed by atoms with van der Waals surface area (Å²) < 4.78 is 9.94. The van der Waals surface area contributed by atoms with E-state index < -0.39 is 48.1 Å². The van der Waals surface area contributed by atoms with Crippen LogP contribution >= 0.6 is 11.3 Å². The summed E-state index contributed by atoms with van der Waals surface area (Å²) in [6, 6.07) is 9.68. The third kappa shape index (κ3) is 15.0. The largest absolute Gasteiger partial charge is 0.390 e. The van der Waals surface area contributed by atoms with Gasteiger partial charge in [-0.2, -0.15) is 0 Å². The second-order valence-electron chi connectivity index (χ2n) is 12.0. The number of thiophene rings is 1. The summed E-state index contributed by atoms with van der Waals surface area (Å²) >= 11 is 1.49. The van der Waals surface area contributed by atoms with Crippen molar-refractivity contribution >= 4 is 35.2 Å². The van der Waals surface area contributed by atoms with Crippen LogP contribution in [0.3, 0.4) is 0 Å². The SMILES string of the molecule is COCCNC(=O)N[C@H](C(=O)N[C@@H](Cc1ccccc1)[C@@H](O)CN(Cc1cccs1)NC(=O)[C@@H](NC(=O)NCCOC)C(C)C)C(C)C. The summed E-state index contributed by atoms with van der Waals surface area (Å²) in [5.74, 6) is -1.41. The Labute approximate surface area is 287 Å². The molecule has 48 heavy (non-hydrogen) atoms. The number of hydrogen-bond donors (Lipinski definition) is 7. The van der Waals surface area contributed by atoms with Crippen LogP contribution in [0, 0.1) is 11.8 Å². The van der Waals surface area contributed by atoms with E-state index in [2.05, 4.69) is 32.0 Å². The number of carbonyl (C=O) groups is 4. The molecule has 4 atom stereocenters. The number of aliphatic hydroxyl groups excluding tert-OH is 1. The third-order valence-corrected chi connectivity index (χ3v) is 8.21. The standard InChI is InChI=1S/C33H53N7O7S/c1-22(2)28(37-32(44)34-14-16-46-5)30(42)36-26(19-24-11-8-7-9-12-24)27(41)21-40(20-25-13-10-18-48-25)39-31(43)29(23(3)4)38-33(45)35-15-17-47-6/h7-13,18,22-23,26-29,41H,14-17,19-21H2,1-6H3,(H,36,42)(H,39,43)(H2,34,37,44)(H2,35,38,45)/t26-,27-,28-,29-/m0/s1. The monoisotopic (exact) mass is 691 g/mol. The zero-order chi connectivity index (χ0) is 35.5. The minimum Gasteiger partial charge on any atom is -0.390 e. The second-order valence-corrected chi connectivity index (χ2v) is 13.1. The maximum absolute atomic E-state index is 13.6. The molecule has 1 aromatic carbocycles. The van der Waals surface area contributed by atoms with Crippen molar-refractivity contribution in [2.75, 3.05) is 47.1 Å². The van der Waals surface area contributed by atoms with Crippen molar-refractivity contribution in [1.82, 2.24) is 37.0 Å². The quantitative estimate of drug-likeness (QED) is 0.0762. The lowest BCUT2D eigenvalue weighted by Gasteiger charge is -2.33. The van der Waals surface area contributed by atoms with E-state index in [-0.39, 0.29) is 44.4 Å². The Morgan fingerprint density at radius 3 is 1.85 bits per heavy atom. The van der Waals surface area contributed by atoms with Gasteiger partial charge in [-0.3, -0.25) is 15.0 Å². The number of methoxy groups -OCH3 is 2. The van der Waals surface area contributed by atoms with E-state index in [1.807, 2.05) is 75.5 Å². The molecule has 0 aliphatic rings. The van der Waals surface area contributed by atoms with Gasteiger partial charge in [-0.1, -0.05) is 64.1 Å². The van der Waals surface area contributed by atoms with Gasteiger partial charge in [0.15, 0.2) is 0 Å². The molecule has 14 nitrogen and oxygen atoms in total. The van der Waals surface area contributed by atoms with Gasteiger partial charge in [-0.25, -0.2) is 14.6 Å². The van der Waals surface area contributed by atoms with Crippen LogP contribution in [0.2, 0.25) is 0 Å². The first-order valence-electron chi connectivity index (χ1n) is 16.1. The smallest absolute Gasteiger partial charge is 0.315 e. The number of hydrazine groups is 1. The number of nitrogens with zero attached hydrogens (tertiary/aromatic N) is 1. The molecule has 0 unspecified atom stereocenters. The van der Waals surface area contributed by atoms with Gasteiger partial charge in [0.25, 0.3) is 5.91 Å². The van der Waals surface area contributed by atoms with E-state index in [0.717, 1.165) is 10.4 Å². The summed E-state index contributed by atoms with van der Waals surface area (Å²) in [5, 5.41) is 28.9. The number of carbonyl (C=O) groups excluding carboxylic acids is 4. The fourth-order valence-corrected chi connectivity index (χ4v) is 5.45. The van der Waals surface area contributed by atoms with Gasteiger partial charge in [-0.15, -0.1) is 11.3 Å². The molecule has 0 saturated carbocycles. The van der Waals surface area contributed by atoms with E-state index >= 15 is 0 Å². The molecular weight excluding hydrogens is 638 g/mol. The van der Waals surface area contributed by atoms with Gasteiger partial charge >= 0.3 is 12.1 Å². The van der Waals surface area contributed by atoms with Gasteiger partial charge in [-0.05, 0) is 35.3 Å². The highest BCUT2D eigenvalue weighted by Gasteiger charge is 2.32. The van der Waals surface area contributed by atoms with Crippen LogP contribution in [-0.4, -0.2) is 105 Å². The predicted octanol–water partition coefficient (Wildman–Crippen LogP) is 1.61. The Kier molecular flexibility index (Phi) is 18.5. The van der Waals surface area contributed by atoms with Gasteiger partial charge in [0, 0.05) is 38.7 Å². The van der Waals surface area contributed by atoms with Gasteiger partial charge in [0.2, 0.25) is 5.91 Å². The van der Waals surface area contributed by atoms with Crippen molar-refractivity contribution in [2.24, 2.45) is 11.8 Å². The van der Waals surface area contributed by atoms with Gasteiger partial charge in [0.05, 0.1) is 31.9 Å². The third-order valence-electron chi connectivity index (χ3n) is 7.35. The number of urea groups is 2. The molecule has 6 amide bonds. The topological polar surface area (TPSA) is 182 Å². The molecule has 2 aromatic rings. The van der Waals surface area contributed by atoms with Gasteiger partial charge in [0.1, 0.15) is 12.1 Å². The predicted molar refractivity (Wildman–Crippen MR) is 185 cm³/mol. The minimum atomic E-state index is -1.15. The fraction of sp³-hybridized carbons (Fsp3) is 0.576. The summed E-state index contributed by atoms with van der Waals surface area (Å²) in [6.45, 7) is 8.71. The molecule has 0 aliphatic heterocycles. The Balaban J connectivity index is 2.27. The zero-order valence-corrected chi connectivity index (χ0v) is 29.6. The number of nitrogens with one attached hydrogen (secondary N) is 6. The van der Waals surface area contributed by atoms with E-state index in [1.165, 1.54) is 25.6 Å². The van der Waals surface area contributed by atoms with Crippen molar-refractivity contribution in [3.8, 4) is 0 Å². The Bertz CT molecular complexity index is 1230. The van der Waals surface area contributed by atoms with Gasteiger partial charge < -0.3 is 41.2 Å². The van der Waals surface area contributed by atoms with E-state index in [4.69, 9.17) is 9.47 Å².